The van der Waals surface area contributed by atoms with E-state index in [1.54, 1.807) is 12.3 Å². The Labute approximate surface area is 150 Å². The quantitative estimate of drug-likeness (QED) is 0.737. The van der Waals surface area contributed by atoms with Gasteiger partial charge in [0.2, 0.25) is 0 Å². The normalized spacial score (nSPS) is 17.7. The smallest absolute Gasteiger partial charge is 0.274 e. The highest BCUT2D eigenvalue weighted by Gasteiger charge is 2.21. The molecule has 0 spiro atoms. The van der Waals surface area contributed by atoms with Crippen LogP contribution in [0.5, 0.6) is 0 Å². The zero-order chi connectivity index (χ0) is 18.1. The molecule has 136 valence electrons. The van der Waals surface area contributed by atoms with Crippen LogP contribution in [0.25, 0.3) is 28.1 Å². The highest BCUT2D eigenvalue weighted by Crippen LogP contribution is 2.30. The number of aliphatic hydroxyl groups excluding tert-OH is 1. The van der Waals surface area contributed by atoms with Gasteiger partial charge in [0.25, 0.3) is 5.56 Å². The molecule has 7 heteroatoms. The number of aromatic nitrogens is 4. The monoisotopic (exact) mass is 354 g/mol. The van der Waals surface area contributed by atoms with Gasteiger partial charge in [-0.15, -0.1) is 0 Å². The number of nitrogens with one attached hydrogen (secondary N) is 1. The number of hydrogen-bond acceptors (Lipinski definition) is 4. The fraction of sp³-hybridized carbons (Fsp3) is 0.368. The summed E-state index contributed by atoms with van der Waals surface area (Å²) in [6, 6.07) is 5.86. The van der Waals surface area contributed by atoms with Crippen molar-refractivity contribution < 1.29 is 9.84 Å². The van der Waals surface area contributed by atoms with E-state index in [1.807, 2.05) is 22.9 Å². The molecule has 0 aliphatic carbocycles. The molecule has 1 unspecified atom stereocenters. The molecule has 1 aliphatic heterocycles. The van der Waals surface area contributed by atoms with E-state index in [0.717, 1.165) is 48.0 Å². The van der Waals surface area contributed by atoms with Crippen LogP contribution in [0.2, 0.25) is 0 Å². The molecule has 0 bridgehead atoms. The van der Waals surface area contributed by atoms with Gasteiger partial charge >= 0.3 is 0 Å². The highest BCUT2D eigenvalue weighted by atomic mass is 16.5. The third-order valence-electron chi connectivity index (χ3n) is 4.83. The van der Waals surface area contributed by atoms with Gasteiger partial charge in [-0.2, -0.15) is 5.10 Å². The Morgan fingerprint density at radius 1 is 1.42 bits per heavy atom. The Hall–Kier alpha value is -2.64. The molecule has 3 aromatic rings. The zero-order valence-electron chi connectivity index (χ0n) is 14.5. The topological polar surface area (TPSA) is 85.1 Å². The molecule has 0 radical (unpaired) electrons. The van der Waals surface area contributed by atoms with Gasteiger partial charge in [-0.05, 0) is 43.0 Å². The third kappa shape index (κ3) is 2.79. The van der Waals surface area contributed by atoms with E-state index in [2.05, 4.69) is 16.8 Å². The van der Waals surface area contributed by atoms with Crippen molar-refractivity contribution in [3.8, 4) is 11.1 Å². The van der Waals surface area contributed by atoms with E-state index in [1.165, 1.54) is 4.68 Å². The number of ether oxygens (including phenoxy) is 1. The van der Waals surface area contributed by atoms with E-state index < -0.39 is 0 Å². The van der Waals surface area contributed by atoms with Crippen molar-refractivity contribution in [2.45, 2.75) is 32.0 Å². The molecule has 1 aromatic carbocycles. The van der Waals surface area contributed by atoms with Crippen LogP contribution in [-0.4, -0.2) is 37.9 Å². The van der Waals surface area contributed by atoms with Crippen LogP contribution in [0.15, 0.2) is 35.8 Å². The summed E-state index contributed by atoms with van der Waals surface area (Å²) in [7, 11) is 0. The molecule has 7 nitrogen and oxygen atoms in total. The fourth-order valence-electron chi connectivity index (χ4n) is 3.50. The van der Waals surface area contributed by atoms with Crippen LogP contribution >= 0.6 is 0 Å². The molecule has 1 saturated heterocycles. The van der Waals surface area contributed by atoms with Gasteiger partial charge < -0.3 is 14.9 Å². The summed E-state index contributed by atoms with van der Waals surface area (Å²) in [6.07, 6.45) is 6.50. The summed E-state index contributed by atoms with van der Waals surface area (Å²) in [4.78, 5) is 12.5. The summed E-state index contributed by atoms with van der Waals surface area (Å²) in [5.74, 6) is 0. The molecule has 1 atom stereocenters. The van der Waals surface area contributed by atoms with Gasteiger partial charge in [-0.25, -0.2) is 4.68 Å². The van der Waals surface area contributed by atoms with E-state index in [0.29, 0.717) is 5.56 Å². The average Bonchev–Trinajstić information content (AvgIpc) is 3.23. The van der Waals surface area contributed by atoms with Crippen molar-refractivity contribution in [3.63, 3.8) is 0 Å². The Bertz CT molecular complexity index is 992. The first kappa shape index (κ1) is 16.8. The summed E-state index contributed by atoms with van der Waals surface area (Å²) >= 11 is 0. The minimum absolute atomic E-state index is 0.0557. The first-order valence-corrected chi connectivity index (χ1v) is 8.88. The first-order chi connectivity index (χ1) is 12.7. The van der Waals surface area contributed by atoms with E-state index in [9.17, 15) is 4.79 Å². The summed E-state index contributed by atoms with van der Waals surface area (Å²) in [6.45, 7) is 4.78. The van der Waals surface area contributed by atoms with Gasteiger partial charge in [0.05, 0.1) is 29.9 Å². The van der Waals surface area contributed by atoms with Gasteiger partial charge in [0.15, 0.2) is 6.23 Å². The molecule has 2 aromatic heterocycles. The molecule has 1 fully saturated rings. The summed E-state index contributed by atoms with van der Waals surface area (Å²) in [5.41, 5.74) is 2.98. The number of hydrogen-bond donors (Lipinski definition) is 2. The zero-order valence-corrected chi connectivity index (χ0v) is 14.5. The second-order valence-electron chi connectivity index (χ2n) is 6.45. The molecule has 1 aliphatic rings. The Morgan fingerprint density at radius 2 is 2.31 bits per heavy atom. The van der Waals surface area contributed by atoms with Crippen LogP contribution in [0.3, 0.4) is 0 Å². The van der Waals surface area contributed by atoms with E-state index in [4.69, 9.17) is 9.84 Å². The molecule has 2 N–H and O–H groups in total. The van der Waals surface area contributed by atoms with Gasteiger partial charge in [0, 0.05) is 18.2 Å². The maximum Gasteiger partial charge on any atom is 0.274 e. The second-order valence-corrected chi connectivity index (χ2v) is 6.45. The summed E-state index contributed by atoms with van der Waals surface area (Å²) in [5, 5.41) is 17.6. The van der Waals surface area contributed by atoms with Crippen LogP contribution in [0.4, 0.5) is 0 Å². The molecule has 4 rings (SSSR count). The molecule has 0 saturated carbocycles. The van der Waals surface area contributed by atoms with Gasteiger partial charge in [0.1, 0.15) is 0 Å². The third-order valence-corrected chi connectivity index (χ3v) is 4.83. The van der Waals surface area contributed by atoms with Crippen molar-refractivity contribution in [1.82, 2.24) is 19.6 Å². The number of H-pyrrole nitrogens is 1. The van der Waals surface area contributed by atoms with Crippen LogP contribution in [-0.2, 0) is 11.3 Å². The molecular formula is C19H22N4O3. The maximum atomic E-state index is 12.5. The SMILES string of the molecule is C=Cc1nn(C2CCCCO2)c2ccc(-c3c[nH]n(CCO)c3=O)cc12. The first-order valence-electron chi connectivity index (χ1n) is 8.88. The number of nitrogens with zero attached hydrogens (tertiary/aromatic N) is 3. The lowest BCUT2D eigenvalue weighted by molar-refractivity contribution is -0.0367. The van der Waals surface area contributed by atoms with Crippen molar-refractivity contribution >= 4 is 17.0 Å². The van der Waals surface area contributed by atoms with Crippen LogP contribution in [0.1, 0.15) is 31.2 Å². The highest BCUT2D eigenvalue weighted by molar-refractivity contribution is 5.90. The lowest BCUT2D eigenvalue weighted by Gasteiger charge is -2.23. The Balaban J connectivity index is 1.80. The average molecular weight is 354 g/mol. The molecule has 26 heavy (non-hydrogen) atoms. The second kappa shape index (κ2) is 6.93. The Morgan fingerprint density at radius 3 is 3.04 bits per heavy atom. The Kier molecular flexibility index (Phi) is 4.48. The van der Waals surface area contributed by atoms with E-state index >= 15 is 0 Å². The van der Waals surface area contributed by atoms with Crippen molar-refractivity contribution in [1.29, 1.82) is 0 Å². The van der Waals surface area contributed by atoms with Crippen molar-refractivity contribution in [3.05, 3.63) is 47.0 Å². The number of benzene rings is 1. The molecular weight excluding hydrogens is 332 g/mol. The number of aromatic amines is 1. The van der Waals surface area contributed by atoms with Crippen molar-refractivity contribution in [2.75, 3.05) is 13.2 Å². The summed E-state index contributed by atoms with van der Waals surface area (Å²) < 4.78 is 9.20. The van der Waals surface area contributed by atoms with E-state index in [-0.39, 0.29) is 24.9 Å². The fourth-order valence-corrected chi connectivity index (χ4v) is 3.50. The van der Waals surface area contributed by atoms with Crippen molar-refractivity contribution in [2.24, 2.45) is 0 Å². The predicted octanol–water partition coefficient (Wildman–Crippen LogP) is 2.53. The lowest BCUT2D eigenvalue weighted by atomic mass is 10.1. The maximum absolute atomic E-state index is 12.5. The van der Waals surface area contributed by atoms with Crippen LogP contribution < -0.4 is 5.56 Å². The number of rotatable bonds is 5. The molecule has 3 heterocycles. The van der Waals surface area contributed by atoms with Gasteiger partial charge in [-0.1, -0.05) is 12.6 Å². The predicted molar refractivity (Wildman–Crippen MR) is 99.8 cm³/mol. The minimum Gasteiger partial charge on any atom is -0.394 e. The number of fused-ring (bicyclic) bond motifs is 1. The standard InChI is InChI=1S/C19H22N4O3/c1-2-16-14-11-13(15-12-20-22(8-9-24)19(15)25)6-7-17(14)23(21-16)18-5-3-4-10-26-18/h2,6-7,11-12,18,20,24H,1,3-5,8-10H2. The largest absolute Gasteiger partial charge is 0.394 e. The lowest BCUT2D eigenvalue weighted by Crippen LogP contribution is -2.19. The molecule has 0 amide bonds. The number of aliphatic hydroxyl groups is 1. The van der Waals surface area contributed by atoms with Gasteiger partial charge in [-0.3, -0.25) is 9.48 Å². The minimum atomic E-state index is -0.151. The van der Waals surface area contributed by atoms with Crippen LogP contribution in [0, 0.1) is 0 Å².